The zero-order valence-corrected chi connectivity index (χ0v) is 12.0. The summed E-state index contributed by atoms with van der Waals surface area (Å²) in [5, 5.41) is 9.06. The van der Waals surface area contributed by atoms with Crippen LogP contribution in [0.3, 0.4) is 0 Å². The number of unbranched alkanes of at least 4 members (excludes halogenated alkanes) is 3. The van der Waals surface area contributed by atoms with Gasteiger partial charge in [-0.3, -0.25) is 9.69 Å². The van der Waals surface area contributed by atoms with Gasteiger partial charge in [-0.2, -0.15) is 0 Å². The maximum atomic E-state index is 11.0. The van der Waals surface area contributed by atoms with Crippen LogP contribution in [-0.4, -0.2) is 34.6 Å². The summed E-state index contributed by atoms with van der Waals surface area (Å²) in [6.07, 6.45) is 11.1. The zero-order chi connectivity index (χ0) is 13.4. The average Bonchev–Trinajstić information content (AvgIpc) is 2.84. The Kier molecular flexibility index (Phi) is 7.33. The molecule has 0 heterocycles. The number of carbonyl (C=O) groups is 1. The number of hydrogen-bond acceptors (Lipinski definition) is 2. The van der Waals surface area contributed by atoms with Crippen LogP contribution in [0.25, 0.3) is 0 Å². The summed E-state index contributed by atoms with van der Waals surface area (Å²) >= 11 is 0. The third kappa shape index (κ3) is 5.38. The van der Waals surface area contributed by atoms with Gasteiger partial charge in [0.25, 0.3) is 0 Å². The van der Waals surface area contributed by atoms with Crippen LogP contribution in [0, 0.1) is 0 Å². The minimum absolute atomic E-state index is 0.222. The van der Waals surface area contributed by atoms with E-state index in [1.165, 1.54) is 51.4 Å². The molecule has 0 amide bonds. The Balaban J connectivity index is 2.39. The maximum absolute atomic E-state index is 11.0. The van der Waals surface area contributed by atoms with E-state index in [1.54, 1.807) is 0 Å². The number of carboxylic acids is 1. The van der Waals surface area contributed by atoms with Crippen molar-refractivity contribution in [2.75, 3.05) is 6.54 Å². The van der Waals surface area contributed by atoms with Crippen LogP contribution in [0.1, 0.15) is 71.6 Å². The summed E-state index contributed by atoms with van der Waals surface area (Å²) in [5.74, 6) is -0.678. The monoisotopic (exact) mass is 255 g/mol. The lowest BCUT2D eigenvalue weighted by Crippen LogP contribution is -2.43. The van der Waals surface area contributed by atoms with Crippen molar-refractivity contribution in [3.8, 4) is 0 Å². The average molecular weight is 255 g/mol. The largest absolute Gasteiger partial charge is 0.480 e. The van der Waals surface area contributed by atoms with E-state index in [9.17, 15) is 4.79 Å². The van der Waals surface area contributed by atoms with Gasteiger partial charge < -0.3 is 5.11 Å². The van der Waals surface area contributed by atoms with E-state index in [1.807, 2.05) is 0 Å². The van der Waals surface area contributed by atoms with Crippen molar-refractivity contribution in [3.05, 3.63) is 0 Å². The van der Waals surface area contributed by atoms with Gasteiger partial charge in [-0.25, -0.2) is 0 Å². The lowest BCUT2D eigenvalue weighted by atomic mass is 10.0. The third-order valence-corrected chi connectivity index (χ3v) is 4.15. The van der Waals surface area contributed by atoms with Crippen molar-refractivity contribution in [3.63, 3.8) is 0 Å². The molecule has 0 bridgehead atoms. The first-order chi connectivity index (χ1) is 8.65. The van der Waals surface area contributed by atoms with E-state index in [2.05, 4.69) is 18.7 Å². The smallest absolute Gasteiger partial charge is 0.317 e. The lowest BCUT2D eigenvalue weighted by Gasteiger charge is -2.33. The molecule has 3 heteroatoms. The fraction of sp³-hybridized carbons (Fsp3) is 0.933. The van der Waals surface area contributed by atoms with E-state index in [0.717, 1.165) is 6.42 Å². The number of carboxylic acid groups (broad SMARTS) is 1. The van der Waals surface area contributed by atoms with Crippen molar-refractivity contribution in [2.45, 2.75) is 83.7 Å². The summed E-state index contributed by atoms with van der Waals surface area (Å²) in [5.41, 5.74) is 0. The molecule has 18 heavy (non-hydrogen) atoms. The highest BCUT2D eigenvalue weighted by atomic mass is 16.4. The second-order valence-corrected chi connectivity index (χ2v) is 5.70. The molecular weight excluding hydrogens is 226 g/mol. The number of hydrogen-bond donors (Lipinski definition) is 1. The third-order valence-electron chi connectivity index (χ3n) is 4.15. The standard InChI is InChI=1S/C15H29NO2/c1-3-4-5-6-9-13(2)16(12-15(17)18)14-10-7-8-11-14/h13-14H,3-12H2,1-2H3,(H,17,18). The van der Waals surface area contributed by atoms with E-state index < -0.39 is 5.97 Å². The van der Waals surface area contributed by atoms with Crippen LogP contribution >= 0.6 is 0 Å². The molecule has 0 aliphatic heterocycles. The van der Waals surface area contributed by atoms with Crippen molar-refractivity contribution in [1.82, 2.24) is 4.90 Å². The Bertz CT molecular complexity index is 237. The second-order valence-electron chi connectivity index (χ2n) is 5.70. The van der Waals surface area contributed by atoms with E-state index in [4.69, 9.17) is 5.11 Å². The fourth-order valence-electron chi connectivity index (χ4n) is 3.07. The van der Waals surface area contributed by atoms with Gasteiger partial charge in [0.2, 0.25) is 0 Å². The molecule has 0 spiro atoms. The number of rotatable bonds is 9. The van der Waals surface area contributed by atoms with Gasteiger partial charge in [-0.15, -0.1) is 0 Å². The Labute approximate surface area is 112 Å². The van der Waals surface area contributed by atoms with E-state index >= 15 is 0 Å². The fourth-order valence-corrected chi connectivity index (χ4v) is 3.07. The molecule has 0 aromatic rings. The molecule has 1 fully saturated rings. The first-order valence-electron chi connectivity index (χ1n) is 7.62. The van der Waals surface area contributed by atoms with Crippen LogP contribution in [-0.2, 0) is 4.79 Å². The minimum atomic E-state index is -0.678. The zero-order valence-electron chi connectivity index (χ0n) is 12.0. The van der Waals surface area contributed by atoms with Crippen LogP contribution < -0.4 is 0 Å². The molecule has 0 radical (unpaired) electrons. The highest BCUT2D eigenvalue weighted by molar-refractivity contribution is 5.69. The molecule has 1 N–H and O–H groups in total. The summed E-state index contributed by atoms with van der Waals surface area (Å²) < 4.78 is 0. The Morgan fingerprint density at radius 1 is 1.28 bits per heavy atom. The van der Waals surface area contributed by atoms with Crippen molar-refractivity contribution in [1.29, 1.82) is 0 Å². The van der Waals surface area contributed by atoms with Gasteiger partial charge >= 0.3 is 5.97 Å². The number of aliphatic carboxylic acids is 1. The van der Waals surface area contributed by atoms with Gasteiger partial charge in [0, 0.05) is 12.1 Å². The van der Waals surface area contributed by atoms with Gasteiger partial charge in [0.05, 0.1) is 6.54 Å². The normalized spacial score (nSPS) is 18.4. The van der Waals surface area contributed by atoms with Gasteiger partial charge in [-0.05, 0) is 26.2 Å². The molecule has 1 rings (SSSR count). The highest BCUT2D eigenvalue weighted by Crippen LogP contribution is 2.26. The van der Waals surface area contributed by atoms with Crippen molar-refractivity contribution < 1.29 is 9.90 Å². The van der Waals surface area contributed by atoms with Gasteiger partial charge in [0.15, 0.2) is 0 Å². The van der Waals surface area contributed by atoms with Crippen molar-refractivity contribution in [2.24, 2.45) is 0 Å². The topological polar surface area (TPSA) is 40.5 Å². The molecule has 3 nitrogen and oxygen atoms in total. The predicted octanol–water partition coefficient (Wildman–Crippen LogP) is 3.67. The summed E-state index contributed by atoms with van der Waals surface area (Å²) in [6, 6.07) is 0.934. The predicted molar refractivity (Wildman–Crippen MR) is 74.8 cm³/mol. The summed E-state index contributed by atoms with van der Waals surface area (Å²) in [7, 11) is 0. The van der Waals surface area contributed by atoms with Crippen LogP contribution in [0.2, 0.25) is 0 Å². The molecule has 0 aromatic carbocycles. The highest BCUT2D eigenvalue weighted by Gasteiger charge is 2.27. The summed E-state index contributed by atoms with van der Waals surface area (Å²) in [6.45, 7) is 4.64. The Morgan fingerprint density at radius 3 is 2.50 bits per heavy atom. The first-order valence-corrected chi connectivity index (χ1v) is 7.62. The number of nitrogens with zero attached hydrogens (tertiary/aromatic N) is 1. The molecule has 1 atom stereocenters. The molecule has 1 saturated carbocycles. The van der Waals surface area contributed by atoms with Crippen LogP contribution in [0.15, 0.2) is 0 Å². The Morgan fingerprint density at radius 2 is 1.94 bits per heavy atom. The van der Waals surface area contributed by atoms with E-state index in [-0.39, 0.29) is 6.54 Å². The summed E-state index contributed by atoms with van der Waals surface area (Å²) in [4.78, 5) is 13.2. The molecule has 106 valence electrons. The molecule has 1 aliphatic carbocycles. The van der Waals surface area contributed by atoms with Crippen LogP contribution in [0.5, 0.6) is 0 Å². The van der Waals surface area contributed by atoms with E-state index in [0.29, 0.717) is 12.1 Å². The molecule has 1 unspecified atom stereocenters. The first kappa shape index (κ1) is 15.5. The molecule has 0 aromatic heterocycles. The second kappa shape index (κ2) is 8.52. The quantitative estimate of drug-likeness (QED) is 0.639. The molecule has 0 saturated heterocycles. The van der Waals surface area contributed by atoms with Gasteiger partial charge in [-0.1, -0.05) is 45.4 Å². The maximum Gasteiger partial charge on any atom is 0.317 e. The van der Waals surface area contributed by atoms with Crippen molar-refractivity contribution >= 4 is 5.97 Å². The van der Waals surface area contributed by atoms with Gasteiger partial charge in [0.1, 0.15) is 0 Å². The Hall–Kier alpha value is -0.570. The SMILES string of the molecule is CCCCCCC(C)N(CC(=O)O)C1CCCC1. The lowest BCUT2D eigenvalue weighted by molar-refractivity contribution is -0.139. The molecule has 1 aliphatic rings. The molecular formula is C15H29NO2. The minimum Gasteiger partial charge on any atom is -0.480 e. The van der Waals surface area contributed by atoms with Crippen LogP contribution in [0.4, 0.5) is 0 Å².